The highest BCUT2D eigenvalue weighted by molar-refractivity contribution is 7.89. The van der Waals surface area contributed by atoms with E-state index in [1.807, 2.05) is 0 Å². The van der Waals surface area contributed by atoms with Crippen LogP contribution < -0.4 is 4.72 Å². The van der Waals surface area contributed by atoms with E-state index in [-0.39, 0.29) is 10.9 Å². The zero-order valence-electron chi connectivity index (χ0n) is 12.4. The fourth-order valence-corrected chi connectivity index (χ4v) is 3.36. The second-order valence-electron chi connectivity index (χ2n) is 5.12. The second kappa shape index (κ2) is 6.84. The molecule has 8 heteroatoms. The Bertz CT molecular complexity index is 782. The van der Waals surface area contributed by atoms with Crippen LogP contribution in [0.2, 0.25) is 0 Å². The highest BCUT2D eigenvalue weighted by atomic mass is 32.2. The lowest BCUT2D eigenvalue weighted by molar-refractivity contribution is 0.0693. The van der Waals surface area contributed by atoms with E-state index in [1.54, 1.807) is 25.3 Å². The Morgan fingerprint density at radius 2 is 2.09 bits per heavy atom. The van der Waals surface area contributed by atoms with E-state index in [1.165, 1.54) is 0 Å². The van der Waals surface area contributed by atoms with Crippen molar-refractivity contribution >= 4 is 16.0 Å². The van der Waals surface area contributed by atoms with Crippen LogP contribution in [0.1, 0.15) is 29.5 Å². The number of carboxylic acid groups (broad SMARTS) is 1. The molecule has 2 rings (SSSR count). The van der Waals surface area contributed by atoms with E-state index >= 15 is 0 Å². The maximum Gasteiger partial charge on any atom is 0.339 e. The molecule has 0 saturated carbocycles. The number of aryl methyl sites for hydroxylation is 1. The second-order valence-corrected chi connectivity index (χ2v) is 6.84. The normalized spacial score (nSPS) is 12.9. The maximum absolute atomic E-state index is 12.3. The molecule has 0 radical (unpaired) electrons. The van der Waals surface area contributed by atoms with Gasteiger partial charge in [-0.3, -0.25) is 0 Å². The van der Waals surface area contributed by atoms with Gasteiger partial charge in [0.2, 0.25) is 10.0 Å². The zero-order valence-corrected chi connectivity index (χ0v) is 13.2. The Balaban J connectivity index is 2.09. The maximum atomic E-state index is 12.3. The van der Waals surface area contributed by atoms with Gasteiger partial charge in [-0.2, -0.15) is 0 Å². The van der Waals surface area contributed by atoms with E-state index in [0.717, 1.165) is 24.0 Å². The highest BCUT2D eigenvalue weighted by Gasteiger charge is 2.20. The molecular weight excluding hydrogens is 322 g/mol. The van der Waals surface area contributed by atoms with E-state index in [2.05, 4.69) is 4.72 Å². The molecule has 1 aromatic carbocycles. The fraction of sp³-hybridized carbons (Fsp3) is 0.267. The van der Waals surface area contributed by atoms with E-state index in [4.69, 9.17) is 9.52 Å². The Morgan fingerprint density at radius 3 is 2.70 bits per heavy atom. The van der Waals surface area contributed by atoms with Gasteiger partial charge in [-0.15, -0.1) is 0 Å². The van der Waals surface area contributed by atoms with Crippen LogP contribution in [0.3, 0.4) is 0 Å². The predicted octanol–water partition coefficient (Wildman–Crippen LogP) is 1.98. The number of aromatic hydroxyl groups is 1. The van der Waals surface area contributed by atoms with Crippen molar-refractivity contribution < 1.29 is 27.8 Å². The Morgan fingerprint density at radius 1 is 1.35 bits per heavy atom. The molecule has 124 valence electrons. The van der Waals surface area contributed by atoms with E-state index < -0.39 is 27.3 Å². The third-order valence-electron chi connectivity index (χ3n) is 3.27. The first kappa shape index (κ1) is 17.0. The first-order chi connectivity index (χ1) is 10.8. The van der Waals surface area contributed by atoms with Crippen molar-refractivity contribution in [3.8, 4) is 5.75 Å². The van der Waals surface area contributed by atoms with Crippen molar-refractivity contribution in [2.45, 2.75) is 30.7 Å². The largest absolute Gasteiger partial charge is 0.507 e. The summed E-state index contributed by atoms with van der Waals surface area (Å²) in [6.07, 6.45) is 2.65. The highest BCUT2D eigenvalue weighted by Crippen LogP contribution is 2.21. The predicted molar refractivity (Wildman–Crippen MR) is 81.9 cm³/mol. The standard InChI is InChI=1S/C15H17NO6S/c1-10(4-5-11-3-2-8-22-11)16-23(20,21)12-6-7-14(17)13(9-12)15(18)19/h2-3,6-10,16-17H,4-5H2,1H3,(H,18,19). The molecule has 1 atom stereocenters. The summed E-state index contributed by atoms with van der Waals surface area (Å²) in [7, 11) is -3.88. The smallest absolute Gasteiger partial charge is 0.339 e. The summed E-state index contributed by atoms with van der Waals surface area (Å²) in [5.74, 6) is -1.12. The van der Waals surface area contributed by atoms with Gasteiger partial charge in [-0.1, -0.05) is 0 Å². The first-order valence-electron chi connectivity index (χ1n) is 6.90. The van der Waals surface area contributed by atoms with Gasteiger partial charge in [0.25, 0.3) is 0 Å². The summed E-state index contributed by atoms with van der Waals surface area (Å²) in [6, 6.07) is 6.33. The summed E-state index contributed by atoms with van der Waals surface area (Å²) in [6.45, 7) is 1.71. The van der Waals surface area contributed by atoms with Crippen LogP contribution >= 0.6 is 0 Å². The van der Waals surface area contributed by atoms with E-state index in [0.29, 0.717) is 12.8 Å². The lowest BCUT2D eigenvalue weighted by atomic mass is 10.2. The number of carboxylic acids is 1. The van der Waals surface area contributed by atoms with Crippen LogP contribution in [0.4, 0.5) is 0 Å². The van der Waals surface area contributed by atoms with Crippen LogP contribution in [0.5, 0.6) is 5.75 Å². The number of nitrogens with one attached hydrogen (secondary N) is 1. The van der Waals surface area contributed by atoms with Crippen LogP contribution in [-0.4, -0.2) is 30.6 Å². The molecule has 7 nitrogen and oxygen atoms in total. The van der Waals surface area contributed by atoms with Crippen LogP contribution in [0, 0.1) is 0 Å². The molecule has 1 heterocycles. The van der Waals surface area contributed by atoms with Gasteiger partial charge in [-0.25, -0.2) is 17.9 Å². The molecule has 0 aliphatic rings. The summed E-state index contributed by atoms with van der Waals surface area (Å²) in [5, 5.41) is 18.4. The number of furan rings is 1. The van der Waals surface area contributed by atoms with Crippen LogP contribution in [0.15, 0.2) is 45.9 Å². The number of hydrogen-bond acceptors (Lipinski definition) is 5. The molecule has 2 aromatic rings. The molecule has 1 unspecified atom stereocenters. The van der Waals surface area contributed by atoms with Crippen LogP contribution in [0.25, 0.3) is 0 Å². The minimum atomic E-state index is -3.88. The molecule has 0 spiro atoms. The molecule has 1 aromatic heterocycles. The lowest BCUT2D eigenvalue weighted by Gasteiger charge is -2.14. The monoisotopic (exact) mass is 339 g/mol. The van der Waals surface area contributed by atoms with Gasteiger partial charge in [0.1, 0.15) is 17.1 Å². The average Bonchev–Trinajstić information content (AvgIpc) is 2.98. The summed E-state index contributed by atoms with van der Waals surface area (Å²) < 4.78 is 32.2. The molecule has 3 N–H and O–H groups in total. The van der Waals surface area contributed by atoms with E-state index in [9.17, 15) is 18.3 Å². The average molecular weight is 339 g/mol. The lowest BCUT2D eigenvalue weighted by Crippen LogP contribution is -2.33. The van der Waals surface area contributed by atoms with Gasteiger partial charge < -0.3 is 14.6 Å². The molecule has 0 aliphatic carbocycles. The third kappa shape index (κ3) is 4.33. The summed E-state index contributed by atoms with van der Waals surface area (Å²) in [4.78, 5) is 10.8. The Labute approximate surface area is 133 Å². The molecule has 0 bridgehead atoms. The van der Waals surface area contributed by atoms with Gasteiger partial charge in [0.15, 0.2) is 0 Å². The number of carbonyl (C=O) groups is 1. The van der Waals surface area contributed by atoms with Crippen molar-refractivity contribution in [1.82, 2.24) is 4.72 Å². The van der Waals surface area contributed by atoms with Crippen molar-refractivity contribution in [2.24, 2.45) is 0 Å². The number of rotatable bonds is 7. The zero-order chi connectivity index (χ0) is 17.0. The molecule has 23 heavy (non-hydrogen) atoms. The SMILES string of the molecule is CC(CCc1ccco1)NS(=O)(=O)c1ccc(O)c(C(=O)O)c1. The number of benzene rings is 1. The van der Waals surface area contributed by atoms with Gasteiger partial charge in [0, 0.05) is 12.5 Å². The quantitative estimate of drug-likeness (QED) is 0.710. The number of aromatic carboxylic acids is 1. The third-order valence-corrected chi connectivity index (χ3v) is 4.86. The molecule has 0 amide bonds. The molecular formula is C15H17NO6S. The van der Waals surface area contributed by atoms with Crippen molar-refractivity contribution in [3.05, 3.63) is 47.9 Å². The van der Waals surface area contributed by atoms with Crippen LogP contribution in [-0.2, 0) is 16.4 Å². The van der Waals surface area contributed by atoms with Crippen molar-refractivity contribution in [1.29, 1.82) is 0 Å². The minimum Gasteiger partial charge on any atom is -0.507 e. The summed E-state index contributed by atoms with van der Waals surface area (Å²) in [5.41, 5.74) is -0.462. The number of phenols is 1. The Hall–Kier alpha value is -2.32. The summed E-state index contributed by atoms with van der Waals surface area (Å²) >= 11 is 0. The molecule has 0 saturated heterocycles. The Kier molecular flexibility index (Phi) is 5.07. The number of sulfonamides is 1. The van der Waals surface area contributed by atoms with Gasteiger partial charge >= 0.3 is 5.97 Å². The topological polar surface area (TPSA) is 117 Å². The van der Waals surface area contributed by atoms with Crippen molar-refractivity contribution in [3.63, 3.8) is 0 Å². The number of hydrogen-bond donors (Lipinski definition) is 3. The molecule has 0 fully saturated rings. The minimum absolute atomic E-state index is 0.211. The fourth-order valence-electron chi connectivity index (χ4n) is 2.06. The van der Waals surface area contributed by atoms with Gasteiger partial charge in [-0.05, 0) is 43.7 Å². The van der Waals surface area contributed by atoms with Crippen molar-refractivity contribution in [2.75, 3.05) is 0 Å². The molecule has 0 aliphatic heterocycles. The first-order valence-corrected chi connectivity index (χ1v) is 8.39. The van der Waals surface area contributed by atoms with Gasteiger partial charge in [0.05, 0.1) is 11.2 Å².